The van der Waals surface area contributed by atoms with Gasteiger partial charge >= 0.3 is 0 Å². The topological polar surface area (TPSA) is 9.23 Å². The maximum atomic E-state index is 6.09. The van der Waals surface area contributed by atoms with E-state index >= 15 is 0 Å². The van der Waals surface area contributed by atoms with E-state index in [1.807, 2.05) is 18.2 Å². The van der Waals surface area contributed by atoms with Crippen molar-refractivity contribution in [2.45, 2.75) is 38.0 Å². The average Bonchev–Trinajstić information content (AvgIpc) is 2.37. The van der Waals surface area contributed by atoms with E-state index in [0.29, 0.717) is 16.8 Å². The van der Waals surface area contributed by atoms with Crippen molar-refractivity contribution >= 4 is 23.2 Å². The van der Waals surface area contributed by atoms with E-state index in [1.165, 1.54) is 32.1 Å². The van der Waals surface area contributed by atoms with Crippen molar-refractivity contribution in [3.8, 4) is 5.75 Å². The summed E-state index contributed by atoms with van der Waals surface area (Å²) in [6.45, 7) is 0.796. The Morgan fingerprint density at radius 2 is 1.94 bits per heavy atom. The summed E-state index contributed by atoms with van der Waals surface area (Å²) in [4.78, 5) is 0. The van der Waals surface area contributed by atoms with Crippen LogP contribution in [0.5, 0.6) is 5.75 Å². The zero-order valence-corrected chi connectivity index (χ0v) is 11.4. The molecule has 0 spiro atoms. The molecular weight excluding hydrogens is 255 g/mol. The molecule has 0 heterocycles. The Labute approximate surface area is 113 Å². The minimum Gasteiger partial charge on any atom is -0.493 e. The summed E-state index contributed by atoms with van der Waals surface area (Å²) >= 11 is 12.0. The van der Waals surface area contributed by atoms with E-state index in [1.54, 1.807) is 0 Å². The Kier molecular flexibility index (Phi) is 4.99. The first-order valence-electron chi connectivity index (χ1n) is 6.27. The predicted octanol–water partition coefficient (Wildman–Crippen LogP) is 5.04. The van der Waals surface area contributed by atoms with Gasteiger partial charge in [-0.05, 0) is 30.9 Å². The summed E-state index contributed by atoms with van der Waals surface area (Å²) in [5.41, 5.74) is 0.909. The molecule has 1 aromatic rings. The summed E-state index contributed by atoms with van der Waals surface area (Å²) in [7, 11) is 0. The Morgan fingerprint density at radius 1 is 1.18 bits per heavy atom. The molecular formula is C14H18Cl2O. The lowest BCUT2D eigenvalue weighted by Crippen LogP contribution is -2.15. The van der Waals surface area contributed by atoms with Crippen LogP contribution in [0.1, 0.15) is 37.7 Å². The Bertz CT molecular complexity index is 359. The van der Waals surface area contributed by atoms with E-state index in [-0.39, 0.29) is 0 Å². The van der Waals surface area contributed by atoms with Gasteiger partial charge in [-0.25, -0.2) is 0 Å². The van der Waals surface area contributed by atoms with Crippen molar-refractivity contribution in [3.63, 3.8) is 0 Å². The van der Waals surface area contributed by atoms with Gasteiger partial charge in [-0.2, -0.15) is 0 Å². The number of alkyl halides is 1. The number of hydrogen-bond donors (Lipinski definition) is 0. The third-order valence-corrected chi connectivity index (χ3v) is 4.03. The molecule has 0 aliphatic heterocycles. The Morgan fingerprint density at radius 3 is 2.65 bits per heavy atom. The van der Waals surface area contributed by atoms with Crippen LogP contribution in [0, 0.1) is 5.92 Å². The maximum Gasteiger partial charge on any atom is 0.125 e. The maximum absolute atomic E-state index is 6.09. The molecule has 0 saturated heterocycles. The van der Waals surface area contributed by atoms with Crippen LogP contribution in [-0.2, 0) is 5.88 Å². The fourth-order valence-electron chi connectivity index (χ4n) is 2.37. The SMILES string of the molecule is ClCc1c(Cl)cccc1OCC1CCCCC1. The lowest BCUT2D eigenvalue weighted by molar-refractivity contribution is 0.208. The van der Waals surface area contributed by atoms with Crippen molar-refractivity contribution in [1.82, 2.24) is 0 Å². The van der Waals surface area contributed by atoms with Gasteiger partial charge in [-0.1, -0.05) is 36.9 Å². The van der Waals surface area contributed by atoms with Crippen molar-refractivity contribution in [1.29, 1.82) is 0 Å². The van der Waals surface area contributed by atoms with Gasteiger partial charge in [0.05, 0.1) is 12.5 Å². The highest BCUT2D eigenvalue weighted by atomic mass is 35.5. The smallest absolute Gasteiger partial charge is 0.125 e. The van der Waals surface area contributed by atoms with Crippen LogP contribution in [0.15, 0.2) is 18.2 Å². The quantitative estimate of drug-likeness (QED) is 0.698. The first-order valence-corrected chi connectivity index (χ1v) is 7.18. The van der Waals surface area contributed by atoms with Gasteiger partial charge < -0.3 is 4.74 Å². The first-order chi connectivity index (χ1) is 8.31. The summed E-state index contributed by atoms with van der Waals surface area (Å²) in [5.74, 6) is 1.95. The van der Waals surface area contributed by atoms with Crippen LogP contribution in [0.4, 0.5) is 0 Å². The fourth-order valence-corrected chi connectivity index (χ4v) is 2.94. The molecule has 0 unspecified atom stereocenters. The highest BCUT2D eigenvalue weighted by Crippen LogP contribution is 2.30. The highest BCUT2D eigenvalue weighted by molar-refractivity contribution is 6.32. The fraction of sp³-hybridized carbons (Fsp3) is 0.571. The molecule has 0 bridgehead atoms. The van der Waals surface area contributed by atoms with E-state index < -0.39 is 0 Å². The van der Waals surface area contributed by atoms with Crippen molar-refractivity contribution in [2.24, 2.45) is 5.92 Å². The van der Waals surface area contributed by atoms with E-state index in [9.17, 15) is 0 Å². The molecule has 3 heteroatoms. The van der Waals surface area contributed by atoms with E-state index in [0.717, 1.165) is 17.9 Å². The second-order valence-electron chi connectivity index (χ2n) is 4.67. The van der Waals surface area contributed by atoms with Gasteiger partial charge in [0, 0.05) is 10.6 Å². The number of rotatable bonds is 4. The van der Waals surface area contributed by atoms with Crippen molar-refractivity contribution in [3.05, 3.63) is 28.8 Å². The van der Waals surface area contributed by atoms with Gasteiger partial charge in [0.2, 0.25) is 0 Å². The third kappa shape index (κ3) is 3.53. The van der Waals surface area contributed by atoms with Gasteiger partial charge in [-0.15, -0.1) is 11.6 Å². The van der Waals surface area contributed by atoms with E-state index in [4.69, 9.17) is 27.9 Å². The molecule has 17 heavy (non-hydrogen) atoms. The summed E-state index contributed by atoms with van der Waals surface area (Å²) in [6.07, 6.45) is 6.63. The average molecular weight is 273 g/mol. The zero-order valence-electron chi connectivity index (χ0n) is 9.92. The predicted molar refractivity (Wildman–Crippen MR) is 73.1 cm³/mol. The Balaban J connectivity index is 1.95. The largest absolute Gasteiger partial charge is 0.493 e. The van der Waals surface area contributed by atoms with Crippen LogP contribution >= 0.6 is 23.2 Å². The second-order valence-corrected chi connectivity index (χ2v) is 5.34. The van der Waals surface area contributed by atoms with Crippen molar-refractivity contribution in [2.75, 3.05) is 6.61 Å². The summed E-state index contributed by atoms with van der Waals surface area (Å²) < 4.78 is 5.88. The molecule has 94 valence electrons. The lowest BCUT2D eigenvalue weighted by Gasteiger charge is -2.22. The zero-order chi connectivity index (χ0) is 12.1. The molecule has 1 fully saturated rings. The first kappa shape index (κ1) is 13.0. The van der Waals surface area contributed by atoms with Crippen molar-refractivity contribution < 1.29 is 4.74 Å². The van der Waals surface area contributed by atoms with Crippen LogP contribution in [0.2, 0.25) is 5.02 Å². The van der Waals surface area contributed by atoms with Crippen LogP contribution in [0.25, 0.3) is 0 Å². The molecule has 1 nitrogen and oxygen atoms in total. The molecule has 0 atom stereocenters. The molecule has 0 N–H and O–H groups in total. The van der Waals surface area contributed by atoms with Gasteiger partial charge in [0.15, 0.2) is 0 Å². The number of halogens is 2. The minimum atomic E-state index is 0.402. The summed E-state index contributed by atoms with van der Waals surface area (Å²) in [6, 6.07) is 5.72. The molecule has 1 aromatic carbocycles. The van der Waals surface area contributed by atoms with Gasteiger partial charge in [-0.3, -0.25) is 0 Å². The molecule has 2 rings (SSSR count). The van der Waals surface area contributed by atoms with Crippen LogP contribution in [-0.4, -0.2) is 6.61 Å². The van der Waals surface area contributed by atoms with Crippen LogP contribution in [0.3, 0.4) is 0 Å². The molecule has 0 radical (unpaired) electrons. The minimum absolute atomic E-state index is 0.402. The monoisotopic (exact) mass is 272 g/mol. The standard InChI is InChI=1S/C14H18Cl2O/c15-9-12-13(16)7-4-8-14(12)17-10-11-5-2-1-3-6-11/h4,7-8,11H,1-3,5-6,9-10H2. The van der Waals surface area contributed by atoms with E-state index in [2.05, 4.69) is 0 Å². The number of benzene rings is 1. The van der Waals surface area contributed by atoms with Gasteiger partial charge in [0.1, 0.15) is 5.75 Å². The number of hydrogen-bond acceptors (Lipinski definition) is 1. The van der Waals surface area contributed by atoms with Crippen LogP contribution < -0.4 is 4.74 Å². The summed E-state index contributed by atoms with van der Waals surface area (Å²) in [5, 5.41) is 0.696. The molecule has 0 amide bonds. The Hall–Kier alpha value is -0.400. The molecule has 1 aliphatic carbocycles. The molecule has 1 aliphatic rings. The lowest BCUT2D eigenvalue weighted by atomic mass is 9.90. The normalized spacial score (nSPS) is 17.1. The molecule has 1 saturated carbocycles. The number of ether oxygens (including phenoxy) is 1. The molecule has 0 aromatic heterocycles. The highest BCUT2D eigenvalue weighted by Gasteiger charge is 2.15. The third-order valence-electron chi connectivity index (χ3n) is 3.41. The second kappa shape index (κ2) is 6.51. The van der Waals surface area contributed by atoms with Gasteiger partial charge in [0.25, 0.3) is 0 Å².